The molecule has 0 saturated heterocycles. The zero-order chi connectivity index (χ0) is 18.2. The smallest absolute Gasteiger partial charge is 0.354 e. The Bertz CT molecular complexity index is 761. The molecule has 0 spiro atoms. The molecule has 0 heterocycles. The molecule has 0 saturated carbocycles. The van der Waals surface area contributed by atoms with Crippen LogP contribution in [0.4, 0.5) is 5.69 Å². The van der Waals surface area contributed by atoms with Crippen molar-refractivity contribution in [1.82, 2.24) is 0 Å². The van der Waals surface area contributed by atoms with Gasteiger partial charge in [0.2, 0.25) is 0 Å². The van der Waals surface area contributed by atoms with E-state index in [0.717, 1.165) is 5.56 Å². The van der Waals surface area contributed by atoms with Gasteiger partial charge in [0.05, 0.1) is 13.7 Å². The van der Waals surface area contributed by atoms with Gasteiger partial charge in [-0.3, -0.25) is 4.79 Å². The van der Waals surface area contributed by atoms with Gasteiger partial charge >= 0.3 is 5.97 Å². The van der Waals surface area contributed by atoms with Crippen molar-refractivity contribution in [3.05, 3.63) is 71.4 Å². The van der Waals surface area contributed by atoms with Crippen molar-refractivity contribution in [2.24, 2.45) is 0 Å². The molecule has 0 amide bonds. The molecule has 0 unspecified atom stereocenters. The number of hydrogen-bond acceptors (Lipinski definition) is 5. The number of hydrogen-bond donors (Lipinski definition) is 1. The first-order chi connectivity index (χ1) is 12.0. The lowest BCUT2D eigenvalue weighted by molar-refractivity contribution is -0.135. The molecule has 130 valence electrons. The second-order valence-electron chi connectivity index (χ2n) is 5.36. The molecule has 0 bridgehead atoms. The van der Waals surface area contributed by atoms with Crippen molar-refractivity contribution in [2.45, 2.75) is 13.8 Å². The fourth-order valence-electron chi connectivity index (χ4n) is 2.14. The van der Waals surface area contributed by atoms with Crippen molar-refractivity contribution in [1.29, 1.82) is 0 Å². The molecule has 25 heavy (non-hydrogen) atoms. The van der Waals surface area contributed by atoms with Gasteiger partial charge in [0.15, 0.2) is 5.78 Å². The minimum Gasteiger partial charge on any atom is -0.494 e. The number of ketones is 1. The predicted molar refractivity (Wildman–Crippen MR) is 96.8 cm³/mol. The summed E-state index contributed by atoms with van der Waals surface area (Å²) in [7, 11) is 1.27. The Kier molecular flexibility index (Phi) is 6.34. The normalized spacial score (nSPS) is 10.9. The first kappa shape index (κ1) is 18.3. The SMILES string of the molecule is CCOc1ccc(C(=O)C=C(Nc2ccc(C)cc2)C(=O)OC)cc1. The fraction of sp³-hybridized carbons (Fsp3) is 0.200. The van der Waals surface area contributed by atoms with Crippen LogP contribution in [0.2, 0.25) is 0 Å². The summed E-state index contributed by atoms with van der Waals surface area (Å²) in [6.07, 6.45) is 1.24. The maximum absolute atomic E-state index is 12.4. The van der Waals surface area contributed by atoms with E-state index < -0.39 is 5.97 Å². The maximum atomic E-state index is 12.4. The molecule has 2 aromatic carbocycles. The van der Waals surface area contributed by atoms with Gasteiger partial charge in [-0.1, -0.05) is 17.7 Å². The summed E-state index contributed by atoms with van der Waals surface area (Å²) in [6, 6.07) is 14.2. The monoisotopic (exact) mass is 339 g/mol. The molecule has 0 radical (unpaired) electrons. The van der Waals surface area contributed by atoms with Crippen LogP contribution in [-0.2, 0) is 9.53 Å². The third kappa shape index (κ3) is 5.21. The van der Waals surface area contributed by atoms with Crippen LogP contribution in [0.5, 0.6) is 5.75 Å². The van der Waals surface area contributed by atoms with Crippen molar-refractivity contribution >= 4 is 17.4 Å². The summed E-state index contributed by atoms with van der Waals surface area (Å²) in [6.45, 7) is 4.41. The van der Waals surface area contributed by atoms with E-state index in [4.69, 9.17) is 9.47 Å². The van der Waals surface area contributed by atoms with Gasteiger partial charge in [-0.25, -0.2) is 4.79 Å². The number of aryl methyl sites for hydroxylation is 1. The van der Waals surface area contributed by atoms with E-state index in [2.05, 4.69) is 5.32 Å². The third-order valence-corrected chi connectivity index (χ3v) is 3.46. The highest BCUT2D eigenvalue weighted by Crippen LogP contribution is 2.15. The van der Waals surface area contributed by atoms with Crippen LogP contribution in [0.15, 0.2) is 60.3 Å². The minimum atomic E-state index is -0.611. The van der Waals surface area contributed by atoms with Crippen LogP contribution in [0, 0.1) is 6.92 Å². The van der Waals surface area contributed by atoms with Gasteiger partial charge in [-0.2, -0.15) is 0 Å². The maximum Gasteiger partial charge on any atom is 0.354 e. The van der Waals surface area contributed by atoms with Crippen molar-refractivity contribution in [2.75, 3.05) is 19.0 Å². The van der Waals surface area contributed by atoms with Crippen LogP contribution in [0.25, 0.3) is 0 Å². The number of ether oxygens (including phenoxy) is 2. The molecular weight excluding hydrogens is 318 g/mol. The summed E-state index contributed by atoms with van der Waals surface area (Å²) in [5.74, 6) is -0.225. The first-order valence-electron chi connectivity index (χ1n) is 7.94. The Balaban J connectivity index is 2.22. The number of rotatable bonds is 7. The van der Waals surface area contributed by atoms with E-state index in [9.17, 15) is 9.59 Å². The Hall–Kier alpha value is -3.08. The van der Waals surface area contributed by atoms with Gasteiger partial charge in [-0.05, 0) is 50.2 Å². The van der Waals surface area contributed by atoms with Gasteiger partial charge in [0.25, 0.3) is 0 Å². The van der Waals surface area contributed by atoms with E-state index in [0.29, 0.717) is 23.6 Å². The number of esters is 1. The Morgan fingerprint density at radius 3 is 2.24 bits per heavy atom. The van der Waals surface area contributed by atoms with E-state index in [1.807, 2.05) is 38.1 Å². The molecule has 5 heteroatoms. The van der Waals surface area contributed by atoms with Crippen LogP contribution < -0.4 is 10.1 Å². The molecule has 5 nitrogen and oxygen atoms in total. The Morgan fingerprint density at radius 1 is 1.04 bits per heavy atom. The largest absolute Gasteiger partial charge is 0.494 e. The zero-order valence-electron chi connectivity index (χ0n) is 14.5. The molecule has 0 fully saturated rings. The Labute approximate surface area is 147 Å². The van der Waals surface area contributed by atoms with Gasteiger partial charge in [0, 0.05) is 17.3 Å². The molecule has 2 aromatic rings. The van der Waals surface area contributed by atoms with Crippen LogP contribution in [0.1, 0.15) is 22.8 Å². The summed E-state index contributed by atoms with van der Waals surface area (Å²) < 4.78 is 10.1. The van der Waals surface area contributed by atoms with Crippen molar-refractivity contribution < 1.29 is 19.1 Å². The molecular formula is C20H21NO4. The summed E-state index contributed by atoms with van der Waals surface area (Å²) in [4.78, 5) is 24.4. The van der Waals surface area contributed by atoms with E-state index in [1.54, 1.807) is 24.3 Å². The average Bonchev–Trinajstić information content (AvgIpc) is 2.63. The highest BCUT2D eigenvalue weighted by atomic mass is 16.5. The van der Waals surface area contributed by atoms with Crippen LogP contribution in [-0.4, -0.2) is 25.5 Å². The molecule has 2 rings (SSSR count). The molecule has 0 aromatic heterocycles. The van der Waals surface area contributed by atoms with Gasteiger partial charge < -0.3 is 14.8 Å². The van der Waals surface area contributed by atoms with Crippen LogP contribution in [0.3, 0.4) is 0 Å². The number of anilines is 1. The summed E-state index contributed by atoms with van der Waals surface area (Å²) in [5, 5.41) is 2.93. The molecule has 1 N–H and O–H groups in total. The second kappa shape index (κ2) is 8.68. The minimum absolute atomic E-state index is 0.0743. The predicted octanol–water partition coefficient (Wildman–Crippen LogP) is 3.75. The van der Waals surface area contributed by atoms with Gasteiger partial charge in [-0.15, -0.1) is 0 Å². The lowest BCUT2D eigenvalue weighted by Crippen LogP contribution is -2.15. The highest BCUT2D eigenvalue weighted by molar-refractivity contribution is 6.09. The molecule has 0 aliphatic carbocycles. The molecule has 0 aliphatic rings. The van der Waals surface area contributed by atoms with Gasteiger partial charge in [0.1, 0.15) is 11.4 Å². The van der Waals surface area contributed by atoms with Crippen molar-refractivity contribution in [3.63, 3.8) is 0 Å². The number of nitrogens with one attached hydrogen (secondary N) is 1. The number of carbonyl (C=O) groups is 2. The third-order valence-electron chi connectivity index (χ3n) is 3.46. The first-order valence-corrected chi connectivity index (χ1v) is 7.94. The summed E-state index contributed by atoms with van der Waals surface area (Å²) in [5.41, 5.74) is 2.32. The van der Waals surface area contributed by atoms with Crippen LogP contribution >= 0.6 is 0 Å². The van der Waals surface area contributed by atoms with E-state index >= 15 is 0 Å². The fourth-order valence-corrected chi connectivity index (χ4v) is 2.14. The second-order valence-corrected chi connectivity index (χ2v) is 5.36. The van der Waals surface area contributed by atoms with E-state index in [-0.39, 0.29) is 11.5 Å². The quantitative estimate of drug-likeness (QED) is 0.473. The highest BCUT2D eigenvalue weighted by Gasteiger charge is 2.13. The number of benzene rings is 2. The summed E-state index contributed by atoms with van der Waals surface area (Å²) >= 11 is 0. The number of allylic oxidation sites excluding steroid dienone is 1. The van der Waals surface area contributed by atoms with E-state index in [1.165, 1.54) is 13.2 Å². The lowest BCUT2D eigenvalue weighted by atomic mass is 10.1. The average molecular weight is 339 g/mol. The number of carbonyl (C=O) groups excluding carboxylic acids is 2. The topological polar surface area (TPSA) is 64.6 Å². The number of methoxy groups -OCH3 is 1. The molecule has 0 atom stereocenters. The zero-order valence-corrected chi connectivity index (χ0v) is 14.5. The lowest BCUT2D eigenvalue weighted by Gasteiger charge is -2.09. The Morgan fingerprint density at radius 2 is 1.68 bits per heavy atom. The standard InChI is InChI=1S/C20H21NO4/c1-4-25-17-11-7-15(8-12-17)19(22)13-18(20(23)24-3)21-16-9-5-14(2)6-10-16/h5-13,21H,4H2,1-3H3. The van der Waals surface area contributed by atoms with Crippen molar-refractivity contribution in [3.8, 4) is 5.75 Å². The molecule has 0 aliphatic heterocycles.